The molecule has 0 unspecified atom stereocenters. The second-order valence-electron chi connectivity index (χ2n) is 4.40. The molecule has 21 heavy (non-hydrogen) atoms. The van der Waals surface area contributed by atoms with Crippen LogP contribution in [0, 0.1) is 5.41 Å². The quantitative estimate of drug-likeness (QED) is 0.661. The number of benzene rings is 2. The topological polar surface area (TPSA) is 84.0 Å². The van der Waals surface area contributed by atoms with E-state index in [1.54, 1.807) is 42.5 Å². The van der Waals surface area contributed by atoms with Crippen LogP contribution >= 0.6 is 23.4 Å². The van der Waals surface area contributed by atoms with Crippen molar-refractivity contribution in [2.75, 3.05) is 6.26 Å². The Morgan fingerprint density at radius 3 is 2.29 bits per heavy atom. The molecule has 7 heteroatoms. The van der Waals surface area contributed by atoms with E-state index in [1.165, 1.54) is 18.0 Å². The number of halogens is 1. The zero-order chi connectivity index (χ0) is 15.6. The predicted molar refractivity (Wildman–Crippen MR) is 86.1 cm³/mol. The predicted octanol–water partition coefficient (Wildman–Crippen LogP) is 3.18. The molecule has 3 N–H and O–H groups in total. The van der Waals surface area contributed by atoms with Crippen LogP contribution in [-0.4, -0.2) is 20.5 Å². The number of hydrogen-bond acceptors (Lipinski definition) is 4. The van der Waals surface area contributed by atoms with Crippen LogP contribution in [0.3, 0.4) is 0 Å². The van der Waals surface area contributed by atoms with E-state index in [1.807, 2.05) is 0 Å². The summed E-state index contributed by atoms with van der Waals surface area (Å²) in [6, 6.07) is 11.7. The molecule has 2 rings (SSSR count). The highest BCUT2D eigenvalue weighted by Crippen LogP contribution is 2.34. The van der Waals surface area contributed by atoms with Crippen LogP contribution < -0.4 is 5.73 Å². The van der Waals surface area contributed by atoms with Crippen LogP contribution in [0.2, 0.25) is 5.02 Å². The van der Waals surface area contributed by atoms with Crippen molar-refractivity contribution >= 4 is 39.0 Å². The van der Waals surface area contributed by atoms with Gasteiger partial charge in [-0.1, -0.05) is 29.4 Å². The Morgan fingerprint density at radius 1 is 1.19 bits per heavy atom. The molecule has 0 fully saturated rings. The van der Waals surface area contributed by atoms with Gasteiger partial charge in [-0.25, -0.2) is 8.42 Å². The van der Waals surface area contributed by atoms with Crippen LogP contribution in [0.4, 0.5) is 0 Å². The molecule has 0 bridgehead atoms. The lowest BCUT2D eigenvalue weighted by Crippen LogP contribution is -2.10. The van der Waals surface area contributed by atoms with Gasteiger partial charge in [0.25, 0.3) is 0 Å². The molecule has 0 heterocycles. The van der Waals surface area contributed by atoms with Gasteiger partial charge in [0, 0.05) is 21.6 Å². The van der Waals surface area contributed by atoms with E-state index in [0.29, 0.717) is 10.6 Å². The van der Waals surface area contributed by atoms with Crippen LogP contribution in [0.5, 0.6) is 0 Å². The fourth-order valence-corrected chi connectivity index (χ4v) is 3.38. The van der Waals surface area contributed by atoms with Gasteiger partial charge < -0.3 is 5.73 Å². The molecule has 0 radical (unpaired) electrons. The Balaban J connectivity index is 2.24. The van der Waals surface area contributed by atoms with Crippen molar-refractivity contribution in [3.63, 3.8) is 0 Å². The van der Waals surface area contributed by atoms with Crippen molar-refractivity contribution in [1.82, 2.24) is 0 Å². The van der Waals surface area contributed by atoms with Crippen LogP contribution in [0.1, 0.15) is 5.56 Å². The van der Waals surface area contributed by atoms with Crippen molar-refractivity contribution in [1.29, 1.82) is 5.41 Å². The van der Waals surface area contributed by atoms with Crippen LogP contribution in [-0.2, 0) is 9.84 Å². The highest BCUT2D eigenvalue weighted by atomic mass is 35.5. The maximum absolute atomic E-state index is 11.4. The molecule has 0 aliphatic heterocycles. The van der Waals surface area contributed by atoms with Crippen molar-refractivity contribution in [2.24, 2.45) is 5.73 Å². The monoisotopic (exact) mass is 340 g/mol. The number of hydrogen-bond donors (Lipinski definition) is 2. The number of sulfone groups is 1. The summed E-state index contributed by atoms with van der Waals surface area (Å²) in [5, 5.41) is 7.86. The lowest BCUT2D eigenvalue weighted by Gasteiger charge is -2.07. The first-order chi connectivity index (χ1) is 9.77. The first-order valence-electron chi connectivity index (χ1n) is 5.89. The molecule has 0 atom stereocenters. The average molecular weight is 341 g/mol. The molecule has 2 aromatic rings. The van der Waals surface area contributed by atoms with Gasteiger partial charge >= 0.3 is 0 Å². The molecule has 0 amide bonds. The van der Waals surface area contributed by atoms with Crippen molar-refractivity contribution in [3.8, 4) is 0 Å². The van der Waals surface area contributed by atoms with E-state index >= 15 is 0 Å². The van der Waals surface area contributed by atoms with Crippen LogP contribution in [0.15, 0.2) is 57.2 Å². The summed E-state index contributed by atoms with van der Waals surface area (Å²) in [5.41, 5.74) is 5.97. The summed E-state index contributed by atoms with van der Waals surface area (Å²) >= 11 is 7.57. The lowest BCUT2D eigenvalue weighted by atomic mass is 10.2. The summed E-state index contributed by atoms with van der Waals surface area (Å²) in [6.07, 6.45) is 1.17. The van der Waals surface area contributed by atoms with E-state index in [0.717, 1.165) is 9.79 Å². The Morgan fingerprint density at radius 2 is 1.81 bits per heavy atom. The minimum Gasteiger partial charge on any atom is -0.384 e. The summed E-state index contributed by atoms with van der Waals surface area (Å²) in [4.78, 5) is 1.97. The molecule has 0 saturated heterocycles. The van der Waals surface area contributed by atoms with Crippen LogP contribution in [0.25, 0.3) is 0 Å². The third-order valence-electron chi connectivity index (χ3n) is 2.72. The number of nitrogens with two attached hydrogens (primary N) is 1. The molecular weight excluding hydrogens is 328 g/mol. The molecule has 0 aliphatic rings. The van der Waals surface area contributed by atoms with E-state index in [-0.39, 0.29) is 10.7 Å². The van der Waals surface area contributed by atoms with E-state index < -0.39 is 9.84 Å². The van der Waals surface area contributed by atoms with Gasteiger partial charge in [-0.05, 0) is 36.4 Å². The van der Waals surface area contributed by atoms with Gasteiger partial charge in [0.1, 0.15) is 5.84 Å². The zero-order valence-electron chi connectivity index (χ0n) is 11.1. The van der Waals surface area contributed by atoms with Gasteiger partial charge in [-0.15, -0.1) is 0 Å². The Kier molecular flexibility index (Phi) is 4.61. The molecule has 0 aliphatic carbocycles. The van der Waals surface area contributed by atoms with Gasteiger partial charge in [0.15, 0.2) is 9.84 Å². The number of amidine groups is 1. The van der Waals surface area contributed by atoms with E-state index in [9.17, 15) is 8.42 Å². The normalized spacial score (nSPS) is 11.3. The molecule has 0 aromatic heterocycles. The Hall–Kier alpha value is -1.50. The standard InChI is InChI=1S/C14H13ClN2O2S2/c1-21(18,19)11-5-3-10(4-6-11)20-13-7-2-9(14(16)17)8-12(13)15/h2-8H,1H3,(H3,16,17). The van der Waals surface area contributed by atoms with Gasteiger partial charge in [0.2, 0.25) is 0 Å². The van der Waals surface area contributed by atoms with E-state index in [4.69, 9.17) is 22.7 Å². The maximum Gasteiger partial charge on any atom is 0.175 e. The van der Waals surface area contributed by atoms with Gasteiger partial charge in [0.05, 0.1) is 9.92 Å². The van der Waals surface area contributed by atoms with E-state index in [2.05, 4.69) is 0 Å². The molecule has 110 valence electrons. The highest BCUT2D eigenvalue weighted by molar-refractivity contribution is 7.99. The van der Waals surface area contributed by atoms with Crippen molar-refractivity contribution in [3.05, 3.63) is 53.1 Å². The molecule has 0 spiro atoms. The SMILES string of the molecule is CS(=O)(=O)c1ccc(Sc2ccc(C(=N)N)cc2Cl)cc1. The maximum atomic E-state index is 11.4. The third kappa shape index (κ3) is 4.00. The third-order valence-corrected chi connectivity index (χ3v) is 5.36. The summed E-state index contributed by atoms with van der Waals surface area (Å²) in [5.74, 6) is -0.0362. The largest absolute Gasteiger partial charge is 0.384 e. The average Bonchev–Trinajstić information content (AvgIpc) is 2.40. The minimum absolute atomic E-state index is 0.0362. The first kappa shape index (κ1) is 15.9. The molecule has 0 saturated carbocycles. The fraction of sp³-hybridized carbons (Fsp3) is 0.0714. The highest BCUT2D eigenvalue weighted by Gasteiger charge is 2.08. The summed E-state index contributed by atoms with van der Waals surface area (Å²) in [6.45, 7) is 0. The van der Waals surface area contributed by atoms with Crippen molar-refractivity contribution in [2.45, 2.75) is 14.7 Å². The second kappa shape index (κ2) is 6.09. The summed E-state index contributed by atoms with van der Waals surface area (Å²) in [7, 11) is -3.19. The number of rotatable bonds is 4. The minimum atomic E-state index is -3.19. The van der Waals surface area contributed by atoms with Gasteiger partial charge in [-0.3, -0.25) is 5.41 Å². The van der Waals surface area contributed by atoms with Crippen molar-refractivity contribution < 1.29 is 8.42 Å². The Labute approximate surface area is 132 Å². The Bertz CT molecular complexity index is 787. The number of nitrogen functional groups attached to an aromatic ring is 1. The first-order valence-corrected chi connectivity index (χ1v) is 8.98. The van der Waals surface area contributed by atoms with Gasteiger partial charge in [-0.2, -0.15) is 0 Å². The summed E-state index contributed by atoms with van der Waals surface area (Å²) < 4.78 is 22.8. The fourth-order valence-electron chi connectivity index (χ4n) is 1.63. The second-order valence-corrected chi connectivity index (χ2v) is 7.94. The molecular formula is C14H13ClN2O2S2. The molecule has 4 nitrogen and oxygen atoms in total. The number of nitrogens with one attached hydrogen (secondary N) is 1. The smallest absolute Gasteiger partial charge is 0.175 e. The molecule has 2 aromatic carbocycles. The lowest BCUT2D eigenvalue weighted by molar-refractivity contribution is 0.602. The zero-order valence-corrected chi connectivity index (χ0v) is 13.5.